The van der Waals surface area contributed by atoms with Gasteiger partial charge in [0.05, 0.1) is 22.2 Å². The Kier molecular flexibility index (Phi) is 7.83. The Morgan fingerprint density at radius 2 is 1.53 bits per heavy atom. The summed E-state index contributed by atoms with van der Waals surface area (Å²) >= 11 is 0. The van der Waals surface area contributed by atoms with Gasteiger partial charge in [0.2, 0.25) is 5.91 Å². The van der Waals surface area contributed by atoms with Crippen molar-refractivity contribution in [1.29, 1.82) is 0 Å². The summed E-state index contributed by atoms with van der Waals surface area (Å²) in [5, 5.41) is 2.79. The van der Waals surface area contributed by atoms with E-state index < -0.39 is 40.3 Å². The van der Waals surface area contributed by atoms with Gasteiger partial charge in [0, 0.05) is 0 Å². The van der Waals surface area contributed by atoms with Crippen molar-refractivity contribution in [3.8, 4) is 0 Å². The van der Waals surface area contributed by atoms with Crippen molar-refractivity contribution in [2.24, 2.45) is 0 Å². The van der Waals surface area contributed by atoms with Gasteiger partial charge in [-0.05, 0) is 87.2 Å². The van der Waals surface area contributed by atoms with E-state index >= 15 is 0 Å². The van der Waals surface area contributed by atoms with E-state index in [0.717, 1.165) is 46.0 Å². The molecule has 0 aliphatic rings. The lowest BCUT2D eigenvalue weighted by molar-refractivity contribution is -0.137. The minimum atomic E-state index is -4.67. The Morgan fingerprint density at radius 1 is 0.917 bits per heavy atom. The molecule has 0 radical (unpaired) electrons. The van der Waals surface area contributed by atoms with Crippen molar-refractivity contribution in [3.05, 3.63) is 94.0 Å². The number of rotatable bonds is 7. The summed E-state index contributed by atoms with van der Waals surface area (Å²) in [5.74, 6) is -0.645. The standard InChI is InChI=1S/C27H29F3N2O3S/c1-17-9-11-24(12-10-17)36(34,35)32(23-8-6-7-22(15-23)27(28,29)30)16-26(33)31-21(5)25-14-19(3)18(2)13-20(25)4/h6-15,21H,16H2,1-5H3,(H,31,33). The highest BCUT2D eigenvalue weighted by Crippen LogP contribution is 2.33. The van der Waals surface area contributed by atoms with Crippen LogP contribution in [0, 0.1) is 27.7 Å². The minimum absolute atomic E-state index is 0.128. The lowest BCUT2D eigenvalue weighted by Crippen LogP contribution is -2.41. The summed E-state index contributed by atoms with van der Waals surface area (Å²) in [5.41, 5.74) is 3.54. The number of aryl methyl sites for hydroxylation is 4. The first kappa shape index (κ1) is 27.3. The predicted octanol–water partition coefficient (Wildman–Crippen LogP) is 6.01. The third-order valence-corrected chi connectivity index (χ3v) is 7.87. The first-order chi connectivity index (χ1) is 16.7. The largest absolute Gasteiger partial charge is 0.416 e. The van der Waals surface area contributed by atoms with Gasteiger partial charge in [0.1, 0.15) is 6.54 Å². The van der Waals surface area contributed by atoms with Crippen LogP contribution < -0.4 is 9.62 Å². The van der Waals surface area contributed by atoms with Crippen molar-refractivity contribution in [3.63, 3.8) is 0 Å². The third-order valence-electron chi connectivity index (χ3n) is 6.08. The van der Waals surface area contributed by atoms with E-state index in [2.05, 4.69) is 5.32 Å². The molecule has 1 atom stereocenters. The summed E-state index contributed by atoms with van der Waals surface area (Å²) < 4.78 is 67.8. The summed E-state index contributed by atoms with van der Waals surface area (Å²) in [6, 6.07) is 13.4. The topological polar surface area (TPSA) is 66.5 Å². The average molecular weight is 519 g/mol. The van der Waals surface area contributed by atoms with Crippen molar-refractivity contribution < 1.29 is 26.4 Å². The molecule has 0 saturated heterocycles. The van der Waals surface area contributed by atoms with Crippen molar-refractivity contribution in [2.45, 2.75) is 51.7 Å². The maximum absolute atomic E-state index is 13.5. The van der Waals surface area contributed by atoms with Crippen LogP contribution >= 0.6 is 0 Å². The maximum atomic E-state index is 13.5. The van der Waals surface area contributed by atoms with Crippen molar-refractivity contribution in [1.82, 2.24) is 5.32 Å². The Bertz CT molecular complexity index is 1370. The van der Waals surface area contributed by atoms with Gasteiger partial charge in [-0.25, -0.2) is 8.42 Å². The number of amides is 1. The molecule has 0 aromatic heterocycles. The second-order valence-corrected chi connectivity index (χ2v) is 10.8. The number of halogens is 3. The van der Waals surface area contributed by atoms with Crippen LogP contribution in [0.3, 0.4) is 0 Å². The van der Waals surface area contributed by atoms with Crippen LogP contribution in [0.4, 0.5) is 18.9 Å². The predicted molar refractivity (Wildman–Crippen MR) is 134 cm³/mol. The van der Waals surface area contributed by atoms with Gasteiger partial charge < -0.3 is 5.32 Å². The summed E-state index contributed by atoms with van der Waals surface area (Å²) in [4.78, 5) is 12.9. The van der Waals surface area contributed by atoms with Gasteiger partial charge in [-0.3, -0.25) is 9.10 Å². The van der Waals surface area contributed by atoms with Gasteiger partial charge >= 0.3 is 6.18 Å². The number of nitrogens with zero attached hydrogens (tertiary/aromatic N) is 1. The highest BCUT2D eigenvalue weighted by Gasteiger charge is 2.33. The van der Waals surface area contributed by atoms with E-state index in [-0.39, 0.29) is 10.6 Å². The molecule has 1 unspecified atom stereocenters. The van der Waals surface area contributed by atoms with Crippen LogP contribution in [-0.4, -0.2) is 20.9 Å². The second kappa shape index (κ2) is 10.3. The van der Waals surface area contributed by atoms with Gasteiger partial charge in [0.25, 0.3) is 10.0 Å². The molecule has 1 amide bonds. The van der Waals surface area contributed by atoms with Gasteiger partial charge in [-0.15, -0.1) is 0 Å². The van der Waals surface area contributed by atoms with E-state index in [1.54, 1.807) is 26.0 Å². The Morgan fingerprint density at radius 3 is 2.14 bits per heavy atom. The molecule has 3 rings (SSSR count). The number of alkyl halides is 3. The van der Waals surface area contributed by atoms with Crippen molar-refractivity contribution in [2.75, 3.05) is 10.8 Å². The lowest BCUT2D eigenvalue weighted by Gasteiger charge is -2.26. The minimum Gasteiger partial charge on any atom is -0.348 e. The fourth-order valence-electron chi connectivity index (χ4n) is 3.93. The van der Waals surface area contributed by atoms with E-state index in [9.17, 15) is 26.4 Å². The zero-order valence-corrected chi connectivity index (χ0v) is 21.6. The number of nitrogens with one attached hydrogen (secondary N) is 1. The number of benzene rings is 3. The molecule has 0 fully saturated rings. The van der Waals surface area contributed by atoms with E-state index in [1.807, 2.05) is 32.9 Å². The van der Waals surface area contributed by atoms with Crippen LogP contribution in [0.15, 0.2) is 65.6 Å². The summed E-state index contributed by atoms with van der Waals surface area (Å²) in [6.07, 6.45) is -4.67. The molecular weight excluding hydrogens is 489 g/mol. The number of anilines is 1. The first-order valence-electron chi connectivity index (χ1n) is 11.3. The maximum Gasteiger partial charge on any atom is 0.416 e. The fraction of sp³-hybridized carbons (Fsp3) is 0.296. The van der Waals surface area contributed by atoms with Crippen LogP contribution in [0.1, 0.15) is 46.3 Å². The molecule has 5 nitrogen and oxygen atoms in total. The molecule has 0 bridgehead atoms. The SMILES string of the molecule is Cc1ccc(S(=O)(=O)N(CC(=O)NC(C)c2cc(C)c(C)cc2C)c2cccc(C(F)(F)F)c2)cc1. The highest BCUT2D eigenvalue weighted by molar-refractivity contribution is 7.92. The number of hydrogen-bond donors (Lipinski definition) is 1. The van der Waals surface area contributed by atoms with E-state index in [1.165, 1.54) is 18.2 Å². The smallest absolute Gasteiger partial charge is 0.348 e. The first-order valence-corrected chi connectivity index (χ1v) is 12.8. The van der Waals surface area contributed by atoms with Crippen LogP contribution in [0.25, 0.3) is 0 Å². The van der Waals surface area contributed by atoms with E-state index in [0.29, 0.717) is 4.31 Å². The van der Waals surface area contributed by atoms with E-state index in [4.69, 9.17) is 0 Å². The molecule has 0 heterocycles. The third kappa shape index (κ3) is 6.07. The lowest BCUT2D eigenvalue weighted by atomic mass is 9.96. The summed E-state index contributed by atoms with van der Waals surface area (Å²) in [7, 11) is -4.34. The molecule has 0 aliphatic carbocycles. The monoisotopic (exact) mass is 518 g/mol. The number of carbonyl (C=O) groups excluding carboxylic acids is 1. The summed E-state index contributed by atoms with van der Waals surface area (Å²) in [6.45, 7) is 8.73. The highest BCUT2D eigenvalue weighted by atomic mass is 32.2. The van der Waals surface area contributed by atoms with Gasteiger partial charge in [0.15, 0.2) is 0 Å². The number of carbonyl (C=O) groups is 1. The Balaban J connectivity index is 1.98. The molecule has 0 saturated carbocycles. The van der Waals surface area contributed by atoms with Crippen LogP contribution in [0.2, 0.25) is 0 Å². The Hall–Kier alpha value is -3.33. The van der Waals surface area contributed by atoms with Gasteiger partial charge in [-0.2, -0.15) is 13.2 Å². The zero-order valence-electron chi connectivity index (χ0n) is 20.8. The number of sulfonamides is 1. The molecule has 192 valence electrons. The van der Waals surface area contributed by atoms with Crippen LogP contribution in [-0.2, 0) is 21.0 Å². The normalized spacial score (nSPS) is 12.8. The molecule has 0 aliphatic heterocycles. The Labute approximate surface area is 210 Å². The quantitative estimate of drug-likeness (QED) is 0.417. The molecule has 0 spiro atoms. The second-order valence-electron chi connectivity index (χ2n) is 8.96. The molecular formula is C27H29F3N2O3S. The average Bonchev–Trinajstić information content (AvgIpc) is 2.79. The van der Waals surface area contributed by atoms with Crippen LogP contribution in [0.5, 0.6) is 0 Å². The molecule has 3 aromatic carbocycles. The number of hydrogen-bond acceptors (Lipinski definition) is 3. The molecule has 3 aromatic rings. The van der Waals surface area contributed by atoms with Crippen molar-refractivity contribution >= 4 is 21.6 Å². The molecule has 9 heteroatoms. The molecule has 36 heavy (non-hydrogen) atoms. The zero-order chi connectivity index (χ0) is 26.8. The fourth-order valence-corrected chi connectivity index (χ4v) is 5.35. The van der Waals surface area contributed by atoms with Gasteiger partial charge in [-0.1, -0.05) is 35.9 Å². The molecule has 1 N–H and O–H groups in total.